The number of halogens is 1. The molecule has 10 heteroatoms. The molecule has 2 rings (SSSR count). The van der Waals surface area contributed by atoms with Crippen LogP contribution in [-0.2, 0) is 14.8 Å². The van der Waals surface area contributed by atoms with Crippen molar-refractivity contribution in [1.29, 1.82) is 0 Å². The third-order valence-corrected chi connectivity index (χ3v) is 7.97. The molecule has 0 atom stereocenters. The highest BCUT2D eigenvalue weighted by molar-refractivity contribution is 14.0. The molecule has 0 aromatic rings. The average Bonchev–Trinajstić information content (AvgIpc) is 2.67. The van der Waals surface area contributed by atoms with Gasteiger partial charge in [-0.05, 0) is 53.1 Å². The van der Waals surface area contributed by atoms with Crippen LogP contribution in [0.5, 0.6) is 0 Å². The van der Waals surface area contributed by atoms with Gasteiger partial charge in [0.2, 0.25) is 10.0 Å². The van der Waals surface area contributed by atoms with Crippen LogP contribution in [0.15, 0.2) is 4.99 Å². The summed E-state index contributed by atoms with van der Waals surface area (Å²) in [6.45, 7) is 8.22. The smallest absolute Gasteiger partial charge is 0.214 e. The Balaban J connectivity index is 0.00000420. The number of ether oxygens (including phenoxy) is 1. The van der Waals surface area contributed by atoms with Crippen molar-refractivity contribution in [3.05, 3.63) is 0 Å². The molecule has 0 aliphatic carbocycles. The SMILES string of the molecule is CCCS(=O)(=O)N1CCC(NC(=NCC2(N(C)C)CCOCC2)NCC)CC1.I. The molecule has 2 N–H and O–H groups in total. The average molecular weight is 546 g/mol. The van der Waals surface area contributed by atoms with Gasteiger partial charge in [0.1, 0.15) is 0 Å². The lowest BCUT2D eigenvalue weighted by Crippen LogP contribution is -2.53. The molecule has 0 aromatic heterocycles. The number of rotatable bonds is 8. The van der Waals surface area contributed by atoms with Gasteiger partial charge in [0.25, 0.3) is 0 Å². The van der Waals surface area contributed by atoms with Gasteiger partial charge in [-0.1, -0.05) is 6.92 Å². The second-order valence-corrected chi connectivity index (χ2v) is 10.1. The van der Waals surface area contributed by atoms with E-state index in [1.54, 1.807) is 4.31 Å². The van der Waals surface area contributed by atoms with Gasteiger partial charge in [-0.3, -0.25) is 4.99 Å². The lowest BCUT2D eigenvalue weighted by molar-refractivity contribution is -0.00256. The molecule has 0 saturated carbocycles. The summed E-state index contributed by atoms with van der Waals surface area (Å²) in [6.07, 6.45) is 4.24. The van der Waals surface area contributed by atoms with Crippen LogP contribution in [-0.4, -0.2) is 94.4 Å². The van der Waals surface area contributed by atoms with Crippen LogP contribution in [0.3, 0.4) is 0 Å². The van der Waals surface area contributed by atoms with Gasteiger partial charge in [0.05, 0.1) is 12.3 Å². The Morgan fingerprint density at radius 1 is 1.21 bits per heavy atom. The summed E-state index contributed by atoms with van der Waals surface area (Å²) in [6, 6.07) is 0.246. The molecule has 0 unspecified atom stereocenters. The van der Waals surface area contributed by atoms with E-state index in [0.717, 1.165) is 57.9 Å². The Bertz CT molecular complexity index is 601. The van der Waals surface area contributed by atoms with E-state index in [1.165, 1.54) is 0 Å². The standard InChI is InChI=1S/C19H39N5O3S.HI/c1-5-15-28(25,26)24-11-7-17(8-12-24)22-18(20-6-2)21-16-19(23(3)4)9-13-27-14-10-19;/h17H,5-16H2,1-4H3,(H2,20,21,22);1H. The molecule has 2 aliphatic rings. The minimum atomic E-state index is -3.10. The number of nitrogens with zero attached hydrogens (tertiary/aromatic N) is 3. The largest absolute Gasteiger partial charge is 0.381 e. The Hall–Kier alpha value is -0.170. The molecule has 2 saturated heterocycles. The van der Waals surface area contributed by atoms with E-state index in [4.69, 9.17) is 9.73 Å². The van der Waals surface area contributed by atoms with Crippen molar-refractivity contribution >= 4 is 40.0 Å². The van der Waals surface area contributed by atoms with Crippen molar-refractivity contribution in [3.8, 4) is 0 Å². The van der Waals surface area contributed by atoms with Gasteiger partial charge in [0, 0.05) is 44.4 Å². The van der Waals surface area contributed by atoms with Crippen LogP contribution in [0.1, 0.15) is 46.0 Å². The molecule has 8 nitrogen and oxygen atoms in total. The zero-order valence-electron chi connectivity index (χ0n) is 18.4. The molecule has 0 spiro atoms. The lowest BCUT2D eigenvalue weighted by atomic mass is 9.89. The number of aliphatic imine (C=N–C) groups is 1. The molecular formula is C19H40IN5O3S. The molecule has 0 bridgehead atoms. The number of hydrogen-bond acceptors (Lipinski definition) is 5. The molecular weight excluding hydrogens is 505 g/mol. The first-order chi connectivity index (χ1) is 13.3. The van der Waals surface area contributed by atoms with Crippen LogP contribution in [0.2, 0.25) is 0 Å². The predicted octanol–water partition coefficient (Wildman–Crippen LogP) is 1.47. The fourth-order valence-electron chi connectivity index (χ4n) is 3.90. The van der Waals surface area contributed by atoms with Gasteiger partial charge in [0.15, 0.2) is 5.96 Å². The molecule has 0 radical (unpaired) electrons. The molecule has 172 valence electrons. The molecule has 2 aliphatic heterocycles. The third kappa shape index (κ3) is 7.79. The number of nitrogens with one attached hydrogen (secondary N) is 2. The van der Waals surface area contributed by atoms with Crippen molar-refractivity contribution in [2.75, 3.05) is 59.2 Å². The van der Waals surface area contributed by atoms with Gasteiger partial charge < -0.3 is 20.3 Å². The highest BCUT2D eigenvalue weighted by atomic mass is 127. The summed E-state index contributed by atoms with van der Waals surface area (Å²) in [5, 5.41) is 6.87. The number of guanidine groups is 1. The number of sulfonamides is 1. The Morgan fingerprint density at radius 2 is 1.83 bits per heavy atom. The maximum atomic E-state index is 12.2. The zero-order chi connectivity index (χ0) is 20.6. The summed E-state index contributed by atoms with van der Waals surface area (Å²) in [4.78, 5) is 7.16. The van der Waals surface area contributed by atoms with E-state index in [2.05, 4.69) is 36.6 Å². The van der Waals surface area contributed by atoms with E-state index in [-0.39, 0.29) is 41.3 Å². The van der Waals surface area contributed by atoms with Gasteiger partial charge in [-0.25, -0.2) is 12.7 Å². The minimum absolute atomic E-state index is 0. The maximum Gasteiger partial charge on any atom is 0.214 e. The normalized spacial score (nSPS) is 21.6. The molecule has 0 amide bonds. The Morgan fingerprint density at radius 3 is 2.34 bits per heavy atom. The second kappa shape index (κ2) is 12.6. The van der Waals surface area contributed by atoms with E-state index in [1.807, 2.05) is 6.92 Å². The van der Waals surface area contributed by atoms with E-state index < -0.39 is 10.0 Å². The first-order valence-corrected chi connectivity index (χ1v) is 12.2. The van der Waals surface area contributed by atoms with Crippen molar-refractivity contribution in [3.63, 3.8) is 0 Å². The van der Waals surface area contributed by atoms with E-state index in [9.17, 15) is 8.42 Å². The Kier molecular flexibility index (Phi) is 11.7. The third-order valence-electron chi connectivity index (χ3n) is 5.90. The van der Waals surface area contributed by atoms with E-state index >= 15 is 0 Å². The van der Waals surface area contributed by atoms with Gasteiger partial charge in [-0.2, -0.15) is 0 Å². The predicted molar refractivity (Wildman–Crippen MR) is 130 cm³/mol. The maximum absolute atomic E-state index is 12.2. The highest BCUT2D eigenvalue weighted by Gasteiger charge is 2.35. The van der Waals surface area contributed by atoms with Crippen LogP contribution in [0, 0.1) is 0 Å². The quantitative estimate of drug-likeness (QED) is 0.273. The first-order valence-electron chi connectivity index (χ1n) is 10.6. The first kappa shape index (κ1) is 26.9. The summed E-state index contributed by atoms with van der Waals surface area (Å²) < 4.78 is 31.7. The lowest BCUT2D eigenvalue weighted by Gasteiger charge is -2.42. The van der Waals surface area contributed by atoms with Crippen molar-refractivity contribution in [1.82, 2.24) is 19.8 Å². The van der Waals surface area contributed by atoms with Crippen molar-refractivity contribution in [2.24, 2.45) is 4.99 Å². The second-order valence-electron chi connectivity index (χ2n) is 8.06. The monoisotopic (exact) mass is 545 g/mol. The van der Waals surface area contributed by atoms with Gasteiger partial charge in [-0.15, -0.1) is 24.0 Å². The fourth-order valence-corrected chi connectivity index (χ4v) is 5.44. The van der Waals surface area contributed by atoms with Crippen LogP contribution >= 0.6 is 24.0 Å². The minimum Gasteiger partial charge on any atom is -0.381 e. The number of likely N-dealkylation sites (N-methyl/N-ethyl adjacent to an activating group) is 1. The fraction of sp³-hybridized carbons (Fsp3) is 0.947. The molecule has 29 heavy (non-hydrogen) atoms. The molecule has 2 fully saturated rings. The zero-order valence-corrected chi connectivity index (χ0v) is 21.6. The number of hydrogen-bond donors (Lipinski definition) is 2. The van der Waals surface area contributed by atoms with Crippen molar-refractivity contribution < 1.29 is 13.2 Å². The van der Waals surface area contributed by atoms with E-state index in [0.29, 0.717) is 19.5 Å². The van der Waals surface area contributed by atoms with Crippen LogP contribution in [0.4, 0.5) is 0 Å². The van der Waals surface area contributed by atoms with Crippen LogP contribution in [0.25, 0.3) is 0 Å². The summed E-state index contributed by atoms with van der Waals surface area (Å²) in [7, 11) is 1.14. The molecule has 2 heterocycles. The Labute approximate surface area is 194 Å². The van der Waals surface area contributed by atoms with Gasteiger partial charge >= 0.3 is 0 Å². The molecule has 0 aromatic carbocycles. The summed E-state index contributed by atoms with van der Waals surface area (Å²) in [5.41, 5.74) is 0.0399. The topological polar surface area (TPSA) is 86.3 Å². The summed E-state index contributed by atoms with van der Waals surface area (Å²) in [5.74, 6) is 1.07. The summed E-state index contributed by atoms with van der Waals surface area (Å²) >= 11 is 0. The number of piperidine rings is 1. The highest BCUT2D eigenvalue weighted by Crippen LogP contribution is 2.26. The van der Waals surface area contributed by atoms with Crippen molar-refractivity contribution in [2.45, 2.75) is 57.5 Å². The van der Waals surface area contributed by atoms with Crippen LogP contribution < -0.4 is 10.6 Å².